The number of benzene rings is 6. The molecule has 7 aromatic rings. The first-order valence-corrected chi connectivity index (χ1v) is 23.1. The fourth-order valence-electron chi connectivity index (χ4n) is 7.15. The van der Waals surface area contributed by atoms with Crippen LogP contribution in [0.2, 0.25) is 0 Å². The van der Waals surface area contributed by atoms with Crippen LogP contribution in [0.4, 0.5) is 0 Å². The van der Waals surface area contributed by atoms with Crippen LogP contribution in [-0.2, 0) is 43.9 Å². The largest absolute Gasteiger partial charge is 0.392 e. The van der Waals surface area contributed by atoms with Gasteiger partial charge in [-0.25, -0.2) is 13.4 Å². The predicted octanol–water partition coefficient (Wildman–Crippen LogP) is 9.31. The van der Waals surface area contributed by atoms with E-state index >= 15 is 0 Å². The maximum absolute atomic E-state index is 13.7. The molecule has 0 spiro atoms. The Bertz CT molecular complexity index is 2620. The molecule has 12 heteroatoms. The van der Waals surface area contributed by atoms with Crippen molar-refractivity contribution in [1.82, 2.24) is 15.0 Å². The average molecular weight is 856 g/mol. The first kappa shape index (κ1) is 41.5. The summed E-state index contributed by atoms with van der Waals surface area (Å²) < 4.78 is 45.0. The molecule has 0 unspecified atom stereocenters. The number of ether oxygens (including phenoxy) is 2. The standard InChI is InChI=1S/C48H45N3O6S3/c1-32-17-23-41(24-18-32)60(54,55)51-43(26-33-9-3-2-4-10-33)46(53)49-29-35-11-7-12-37(25-35)38-13-8-14-39(27-38)47-56-40(28-44(57-47)36-21-19-34(30-52)20-22-36)31-58-48-50-42-15-5-6-16-45(42)59-48/h2-25,27,40,43-44,47,51-52H,26,28-31H2,1H3,(H,49,53)/t40-,43+,44+,47+/m0/s1. The van der Waals surface area contributed by atoms with Crippen LogP contribution in [0, 0.1) is 6.92 Å². The minimum absolute atomic E-state index is 0.0236. The van der Waals surface area contributed by atoms with Crippen LogP contribution in [0.1, 0.15) is 52.2 Å². The third-order valence-electron chi connectivity index (χ3n) is 10.4. The molecule has 0 radical (unpaired) electrons. The van der Waals surface area contributed by atoms with Gasteiger partial charge >= 0.3 is 0 Å². The zero-order chi connectivity index (χ0) is 41.5. The molecule has 306 valence electrons. The number of para-hydroxylation sites is 1. The number of aryl methyl sites for hydroxylation is 1. The Kier molecular flexibility index (Phi) is 13.2. The molecule has 1 amide bonds. The molecule has 2 heterocycles. The molecule has 60 heavy (non-hydrogen) atoms. The van der Waals surface area contributed by atoms with Gasteiger partial charge < -0.3 is 19.9 Å². The molecule has 8 rings (SSSR count). The maximum atomic E-state index is 13.7. The predicted molar refractivity (Wildman–Crippen MR) is 238 cm³/mol. The Labute approximate surface area is 358 Å². The number of amides is 1. The average Bonchev–Trinajstić information content (AvgIpc) is 3.71. The molecular weight excluding hydrogens is 811 g/mol. The first-order chi connectivity index (χ1) is 29.2. The fraction of sp³-hybridized carbons (Fsp3) is 0.208. The molecule has 0 saturated carbocycles. The molecule has 1 aliphatic heterocycles. The normalized spacial score (nSPS) is 17.3. The number of hydrogen-bond acceptors (Lipinski definition) is 9. The highest BCUT2D eigenvalue weighted by Crippen LogP contribution is 2.41. The van der Waals surface area contributed by atoms with Crippen LogP contribution in [0.25, 0.3) is 21.3 Å². The van der Waals surface area contributed by atoms with Gasteiger partial charge in [0.1, 0.15) is 6.04 Å². The highest BCUT2D eigenvalue weighted by Gasteiger charge is 2.33. The van der Waals surface area contributed by atoms with E-state index < -0.39 is 28.3 Å². The van der Waals surface area contributed by atoms with Crippen LogP contribution in [-0.4, -0.2) is 42.3 Å². The Balaban J connectivity index is 0.978. The van der Waals surface area contributed by atoms with Gasteiger partial charge in [-0.3, -0.25) is 4.79 Å². The zero-order valence-corrected chi connectivity index (χ0v) is 35.4. The van der Waals surface area contributed by atoms with Crippen molar-refractivity contribution in [3.63, 3.8) is 0 Å². The lowest BCUT2D eigenvalue weighted by molar-refractivity contribution is -0.245. The van der Waals surface area contributed by atoms with E-state index in [1.165, 1.54) is 0 Å². The minimum Gasteiger partial charge on any atom is -0.392 e. The fourth-order valence-corrected chi connectivity index (χ4v) is 10.5. The molecule has 1 saturated heterocycles. The van der Waals surface area contributed by atoms with Crippen molar-refractivity contribution in [3.8, 4) is 11.1 Å². The molecule has 0 bridgehead atoms. The number of aliphatic hydroxyl groups is 1. The van der Waals surface area contributed by atoms with E-state index in [2.05, 4.69) is 22.2 Å². The molecule has 1 fully saturated rings. The molecule has 3 N–H and O–H groups in total. The number of carbonyl (C=O) groups is 1. The van der Waals surface area contributed by atoms with E-state index in [-0.39, 0.29) is 36.7 Å². The number of sulfonamides is 1. The van der Waals surface area contributed by atoms with Crippen molar-refractivity contribution in [3.05, 3.63) is 185 Å². The Morgan fingerprint density at radius 1 is 0.800 bits per heavy atom. The Morgan fingerprint density at radius 3 is 2.28 bits per heavy atom. The number of hydrogen-bond donors (Lipinski definition) is 3. The van der Waals surface area contributed by atoms with Crippen LogP contribution < -0.4 is 10.0 Å². The number of nitrogens with one attached hydrogen (secondary N) is 2. The summed E-state index contributed by atoms with van der Waals surface area (Å²) in [6, 6.07) is 47.0. The molecule has 0 aliphatic carbocycles. The molecule has 1 aromatic heterocycles. The second-order valence-electron chi connectivity index (χ2n) is 14.8. The number of aromatic nitrogens is 1. The van der Waals surface area contributed by atoms with E-state index in [0.29, 0.717) is 12.2 Å². The lowest BCUT2D eigenvalue weighted by atomic mass is 9.99. The van der Waals surface area contributed by atoms with Gasteiger partial charge in [0.15, 0.2) is 10.6 Å². The monoisotopic (exact) mass is 855 g/mol. The second-order valence-corrected chi connectivity index (χ2v) is 18.8. The molecule has 4 atom stereocenters. The summed E-state index contributed by atoms with van der Waals surface area (Å²) in [5.74, 6) is 0.280. The number of aliphatic hydroxyl groups excluding tert-OH is 1. The van der Waals surface area contributed by atoms with Crippen LogP contribution in [0.3, 0.4) is 0 Å². The lowest BCUT2D eigenvalue weighted by Crippen LogP contribution is -2.47. The summed E-state index contributed by atoms with van der Waals surface area (Å²) in [5, 5.41) is 12.6. The van der Waals surface area contributed by atoms with Gasteiger partial charge in [-0.15, -0.1) is 11.3 Å². The number of fused-ring (bicyclic) bond motifs is 1. The van der Waals surface area contributed by atoms with Gasteiger partial charge in [0.05, 0.1) is 33.9 Å². The number of nitrogens with zero attached hydrogens (tertiary/aromatic N) is 1. The van der Waals surface area contributed by atoms with E-state index in [0.717, 1.165) is 59.1 Å². The number of thiazole rings is 1. The summed E-state index contributed by atoms with van der Waals surface area (Å²) in [7, 11) is -3.97. The van der Waals surface area contributed by atoms with Crippen LogP contribution in [0.5, 0.6) is 0 Å². The van der Waals surface area contributed by atoms with Gasteiger partial charge in [-0.1, -0.05) is 133 Å². The zero-order valence-electron chi connectivity index (χ0n) is 32.9. The molecule has 9 nitrogen and oxygen atoms in total. The van der Waals surface area contributed by atoms with Gasteiger partial charge in [0.25, 0.3) is 0 Å². The van der Waals surface area contributed by atoms with Crippen molar-refractivity contribution >= 4 is 49.2 Å². The summed E-state index contributed by atoms with van der Waals surface area (Å²) in [6.45, 7) is 2.06. The van der Waals surface area contributed by atoms with E-state index in [9.17, 15) is 18.3 Å². The van der Waals surface area contributed by atoms with Crippen molar-refractivity contribution in [2.24, 2.45) is 0 Å². The Morgan fingerprint density at radius 2 is 1.52 bits per heavy atom. The second kappa shape index (κ2) is 19.0. The van der Waals surface area contributed by atoms with Crippen molar-refractivity contribution < 1.29 is 27.8 Å². The quantitative estimate of drug-likeness (QED) is 0.0872. The molecule has 1 aliphatic rings. The van der Waals surface area contributed by atoms with Crippen molar-refractivity contribution in [2.75, 3.05) is 5.75 Å². The third-order valence-corrected chi connectivity index (χ3v) is 14.2. The highest BCUT2D eigenvalue weighted by molar-refractivity contribution is 8.01. The van der Waals surface area contributed by atoms with Crippen molar-refractivity contribution in [2.45, 2.75) is 66.7 Å². The smallest absolute Gasteiger partial charge is 0.241 e. The summed E-state index contributed by atoms with van der Waals surface area (Å²) in [6.07, 6.45) is -0.118. The van der Waals surface area contributed by atoms with Gasteiger partial charge in [-0.05, 0) is 83.1 Å². The molecule has 6 aromatic carbocycles. The van der Waals surface area contributed by atoms with E-state index in [4.69, 9.17) is 14.5 Å². The highest BCUT2D eigenvalue weighted by atomic mass is 32.2. The Hall–Kier alpha value is -5.18. The third kappa shape index (κ3) is 10.4. The van der Waals surface area contributed by atoms with Crippen molar-refractivity contribution in [1.29, 1.82) is 0 Å². The summed E-state index contributed by atoms with van der Waals surface area (Å²) in [4.78, 5) is 18.7. The number of carbonyl (C=O) groups excluding carboxylic acids is 1. The van der Waals surface area contributed by atoms with Gasteiger partial charge in [0, 0.05) is 24.3 Å². The van der Waals surface area contributed by atoms with Crippen LogP contribution >= 0.6 is 23.1 Å². The van der Waals surface area contributed by atoms with E-state index in [1.807, 2.05) is 122 Å². The minimum atomic E-state index is -3.97. The van der Waals surface area contributed by atoms with Crippen LogP contribution in [0.15, 0.2) is 161 Å². The van der Waals surface area contributed by atoms with Gasteiger partial charge in [-0.2, -0.15) is 4.72 Å². The number of rotatable bonds is 15. The topological polar surface area (TPSA) is 127 Å². The van der Waals surface area contributed by atoms with E-state index in [1.54, 1.807) is 47.4 Å². The SMILES string of the molecule is Cc1ccc(S(=O)(=O)N[C@H](Cc2ccccc2)C(=O)NCc2cccc(-c3cccc([C@@H]4O[C@H](CSc5nc6ccccc6s5)C[C@H](c5ccc(CO)cc5)O4)c3)c2)cc1. The summed E-state index contributed by atoms with van der Waals surface area (Å²) >= 11 is 3.38. The first-order valence-electron chi connectivity index (χ1n) is 19.8. The molecular formula is C48H45N3O6S3. The maximum Gasteiger partial charge on any atom is 0.241 e. The number of thioether (sulfide) groups is 1. The van der Waals surface area contributed by atoms with Gasteiger partial charge in [0.2, 0.25) is 15.9 Å². The summed E-state index contributed by atoms with van der Waals surface area (Å²) in [5.41, 5.74) is 8.26. The lowest BCUT2D eigenvalue weighted by Gasteiger charge is -2.36.